The molecule has 0 saturated carbocycles. The predicted octanol–water partition coefficient (Wildman–Crippen LogP) is 3.64. The van der Waals surface area contributed by atoms with E-state index in [0.29, 0.717) is 56.3 Å². The number of esters is 1. The van der Waals surface area contributed by atoms with Crippen LogP contribution in [0.25, 0.3) is 6.08 Å². The van der Waals surface area contributed by atoms with Crippen LogP contribution in [0.15, 0.2) is 70.1 Å². The molecule has 0 fully saturated rings. The molecule has 3 aromatic rings. The zero-order valence-electron chi connectivity index (χ0n) is 21.8. The molecule has 1 aliphatic rings. The summed E-state index contributed by atoms with van der Waals surface area (Å²) in [7, 11) is 1.58. The highest BCUT2D eigenvalue weighted by Gasteiger charge is 2.33. The van der Waals surface area contributed by atoms with Crippen LogP contribution in [0, 0.1) is 0 Å². The van der Waals surface area contributed by atoms with E-state index >= 15 is 0 Å². The van der Waals surface area contributed by atoms with Crippen LogP contribution in [0.2, 0.25) is 0 Å². The number of hydrogen-bond donors (Lipinski definition) is 1. The van der Waals surface area contributed by atoms with Gasteiger partial charge >= 0.3 is 5.97 Å². The van der Waals surface area contributed by atoms with Gasteiger partial charge in [-0.15, -0.1) is 6.58 Å². The number of nitrogens with zero attached hydrogens (tertiary/aromatic N) is 2. The maximum atomic E-state index is 13.8. The SMILES string of the molecule is C=CCc1cc(/C=c2/sc3n(c2=O)[C@@H](c2ccc(OC)cc2)C(C(=O)OCC)=C(C)N=3)cc(OCC)c1O. The summed E-state index contributed by atoms with van der Waals surface area (Å²) in [6.07, 6.45) is 3.87. The Labute approximate surface area is 224 Å². The van der Waals surface area contributed by atoms with Crippen molar-refractivity contribution in [2.45, 2.75) is 33.2 Å². The summed E-state index contributed by atoms with van der Waals surface area (Å²) >= 11 is 1.23. The number of allylic oxidation sites excluding steroid dienone is 2. The van der Waals surface area contributed by atoms with Crippen LogP contribution in [0.5, 0.6) is 17.2 Å². The van der Waals surface area contributed by atoms with Gasteiger partial charge in [0, 0.05) is 5.56 Å². The first-order chi connectivity index (χ1) is 18.3. The molecule has 4 rings (SSSR count). The molecule has 9 heteroatoms. The highest BCUT2D eigenvalue weighted by Crippen LogP contribution is 2.33. The average molecular weight is 535 g/mol. The van der Waals surface area contributed by atoms with Crippen molar-refractivity contribution in [1.29, 1.82) is 0 Å². The molecule has 2 heterocycles. The molecule has 0 amide bonds. The topological polar surface area (TPSA) is 99.4 Å². The lowest BCUT2D eigenvalue weighted by Crippen LogP contribution is -2.39. The number of phenols is 1. The van der Waals surface area contributed by atoms with Gasteiger partial charge < -0.3 is 19.3 Å². The Balaban J connectivity index is 1.93. The summed E-state index contributed by atoms with van der Waals surface area (Å²) in [5.74, 6) is 0.534. The van der Waals surface area contributed by atoms with Crippen molar-refractivity contribution in [3.05, 3.63) is 96.7 Å². The molecule has 2 aromatic carbocycles. The second-order valence-electron chi connectivity index (χ2n) is 8.53. The first kappa shape index (κ1) is 26.9. The summed E-state index contributed by atoms with van der Waals surface area (Å²) in [5.41, 5.74) is 2.57. The lowest BCUT2D eigenvalue weighted by molar-refractivity contribution is -0.139. The molecule has 0 spiro atoms. The van der Waals surface area contributed by atoms with Crippen molar-refractivity contribution in [1.82, 2.24) is 4.57 Å². The Kier molecular flexibility index (Phi) is 8.16. The third kappa shape index (κ3) is 5.15. The van der Waals surface area contributed by atoms with Gasteiger partial charge in [-0.25, -0.2) is 9.79 Å². The zero-order valence-corrected chi connectivity index (χ0v) is 22.6. The Morgan fingerprint density at radius 1 is 1.21 bits per heavy atom. The van der Waals surface area contributed by atoms with E-state index in [0.717, 1.165) is 5.56 Å². The van der Waals surface area contributed by atoms with Crippen molar-refractivity contribution in [2.75, 3.05) is 20.3 Å². The fourth-order valence-electron chi connectivity index (χ4n) is 4.39. The Bertz CT molecular complexity index is 1580. The minimum absolute atomic E-state index is 0.0552. The number of fused-ring (bicyclic) bond motifs is 1. The van der Waals surface area contributed by atoms with Crippen LogP contribution < -0.4 is 24.4 Å². The molecule has 1 atom stereocenters. The molecule has 0 bridgehead atoms. The second-order valence-corrected chi connectivity index (χ2v) is 9.54. The van der Waals surface area contributed by atoms with E-state index in [1.165, 1.54) is 15.9 Å². The third-order valence-corrected chi connectivity index (χ3v) is 7.07. The quantitative estimate of drug-likeness (QED) is 0.333. The standard InChI is InChI=1S/C29H30N2O6S/c1-6-9-20-14-18(15-22(26(20)32)36-7-2)16-23-27(33)31-25(19-10-12-21(35-5)13-11-19)24(28(34)37-8-3)17(4)30-29(31)38-23/h6,10-16,25,32H,1,7-9H2,2-5H3/b23-16+/t25-/m0/s1. The number of aromatic hydroxyl groups is 1. The van der Waals surface area contributed by atoms with Gasteiger partial charge in [0.25, 0.3) is 5.56 Å². The monoisotopic (exact) mass is 534 g/mol. The molecule has 1 aromatic heterocycles. The van der Waals surface area contributed by atoms with E-state index in [2.05, 4.69) is 11.6 Å². The van der Waals surface area contributed by atoms with Gasteiger partial charge in [-0.2, -0.15) is 0 Å². The molecule has 1 N–H and O–H groups in total. The number of rotatable bonds is 9. The fourth-order valence-corrected chi connectivity index (χ4v) is 5.44. The number of hydrogen-bond acceptors (Lipinski definition) is 8. The maximum Gasteiger partial charge on any atom is 0.338 e. The second kappa shape index (κ2) is 11.5. The van der Waals surface area contributed by atoms with Crippen molar-refractivity contribution >= 4 is 23.4 Å². The smallest absolute Gasteiger partial charge is 0.338 e. The van der Waals surface area contributed by atoms with E-state index in [1.807, 2.05) is 19.1 Å². The summed E-state index contributed by atoms with van der Waals surface area (Å²) in [6, 6.07) is 10.0. The summed E-state index contributed by atoms with van der Waals surface area (Å²) in [5, 5.41) is 10.6. The number of ether oxygens (including phenoxy) is 3. The first-order valence-corrected chi connectivity index (χ1v) is 13.1. The number of carbonyl (C=O) groups excluding carboxylic acids is 1. The van der Waals surface area contributed by atoms with Gasteiger partial charge in [-0.05, 0) is 68.7 Å². The minimum Gasteiger partial charge on any atom is -0.504 e. The molecule has 0 saturated heterocycles. The fraction of sp³-hybridized carbons (Fsp3) is 0.276. The molecule has 198 valence electrons. The van der Waals surface area contributed by atoms with Gasteiger partial charge in [0.05, 0.1) is 42.2 Å². The van der Waals surface area contributed by atoms with Crippen LogP contribution in [0.3, 0.4) is 0 Å². The van der Waals surface area contributed by atoms with E-state index in [4.69, 9.17) is 14.2 Å². The van der Waals surface area contributed by atoms with Crippen molar-refractivity contribution in [2.24, 2.45) is 4.99 Å². The van der Waals surface area contributed by atoms with Gasteiger partial charge in [0.2, 0.25) is 0 Å². The van der Waals surface area contributed by atoms with E-state index in [1.54, 1.807) is 57.4 Å². The molecule has 0 radical (unpaired) electrons. The molecule has 0 unspecified atom stereocenters. The average Bonchev–Trinajstić information content (AvgIpc) is 3.20. The van der Waals surface area contributed by atoms with Gasteiger partial charge in [-0.3, -0.25) is 9.36 Å². The van der Waals surface area contributed by atoms with Gasteiger partial charge in [0.15, 0.2) is 16.3 Å². The van der Waals surface area contributed by atoms with Crippen LogP contribution in [-0.4, -0.2) is 36.0 Å². The number of phenolic OH excluding ortho intramolecular Hbond substituents is 1. The molecular formula is C29H30N2O6S. The van der Waals surface area contributed by atoms with Crippen molar-refractivity contribution in [3.63, 3.8) is 0 Å². The molecular weight excluding hydrogens is 504 g/mol. The normalized spacial score (nSPS) is 15.1. The molecule has 1 aliphatic heterocycles. The number of aromatic nitrogens is 1. The largest absolute Gasteiger partial charge is 0.504 e. The van der Waals surface area contributed by atoms with E-state index < -0.39 is 12.0 Å². The number of methoxy groups -OCH3 is 1. The Morgan fingerprint density at radius 2 is 1.95 bits per heavy atom. The van der Waals surface area contributed by atoms with E-state index in [-0.39, 0.29) is 17.9 Å². The predicted molar refractivity (Wildman–Crippen MR) is 147 cm³/mol. The van der Waals surface area contributed by atoms with Crippen LogP contribution in [0.1, 0.15) is 43.5 Å². The van der Waals surface area contributed by atoms with E-state index in [9.17, 15) is 14.7 Å². The molecule has 8 nitrogen and oxygen atoms in total. The first-order valence-electron chi connectivity index (χ1n) is 12.3. The third-order valence-electron chi connectivity index (χ3n) is 6.09. The van der Waals surface area contributed by atoms with Gasteiger partial charge in [0.1, 0.15) is 5.75 Å². The Hall–Kier alpha value is -4.11. The highest BCUT2D eigenvalue weighted by molar-refractivity contribution is 7.07. The van der Waals surface area contributed by atoms with Crippen LogP contribution in [-0.2, 0) is 16.0 Å². The lowest BCUT2D eigenvalue weighted by atomic mass is 9.96. The zero-order chi connectivity index (χ0) is 27.4. The summed E-state index contributed by atoms with van der Waals surface area (Å²) in [6.45, 7) is 9.65. The Morgan fingerprint density at radius 3 is 2.58 bits per heavy atom. The minimum atomic E-state index is -0.714. The molecule has 38 heavy (non-hydrogen) atoms. The van der Waals surface area contributed by atoms with Crippen LogP contribution >= 0.6 is 11.3 Å². The van der Waals surface area contributed by atoms with Crippen molar-refractivity contribution in [3.8, 4) is 17.2 Å². The summed E-state index contributed by atoms with van der Waals surface area (Å²) < 4.78 is 18.2. The highest BCUT2D eigenvalue weighted by atomic mass is 32.1. The number of benzene rings is 2. The summed E-state index contributed by atoms with van der Waals surface area (Å²) in [4.78, 5) is 31.9. The van der Waals surface area contributed by atoms with Crippen molar-refractivity contribution < 1.29 is 24.1 Å². The molecule has 0 aliphatic carbocycles. The van der Waals surface area contributed by atoms with Crippen LogP contribution in [0.4, 0.5) is 0 Å². The lowest BCUT2D eigenvalue weighted by Gasteiger charge is -2.24. The number of thiazole rings is 1. The number of carbonyl (C=O) groups is 1. The maximum absolute atomic E-state index is 13.8. The van der Waals surface area contributed by atoms with Gasteiger partial charge in [-0.1, -0.05) is 29.5 Å².